The molecule has 0 saturated carbocycles. The molecule has 0 amide bonds. The number of hydrogen-bond acceptors (Lipinski definition) is 4. The summed E-state index contributed by atoms with van der Waals surface area (Å²) in [5, 5.41) is 4.28. The molecule has 5 aromatic rings. The van der Waals surface area contributed by atoms with E-state index in [9.17, 15) is 8.78 Å². The number of halogens is 2. The van der Waals surface area contributed by atoms with E-state index in [2.05, 4.69) is 20.1 Å². The minimum absolute atomic E-state index is 0.251. The number of aryl methyl sites for hydroxylation is 2. The summed E-state index contributed by atoms with van der Waals surface area (Å²) in [6.45, 7) is 3.71. The van der Waals surface area contributed by atoms with E-state index in [1.165, 1.54) is 12.3 Å². The smallest absolute Gasteiger partial charge is 0.141 e. The summed E-state index contributed by atoms with van der Waals surface area (Å²) in [4.78, 5) is 11.6. The SMILES string of the molecule is Cc1noc(C)c1-c1cc(-c2ccnc3cc(F)cc(F)c23)c2nc[nH]c2c1. The second-order valence-corrected chi connectivity index (χ2v) is 6.66. The van der Waals surface area contributed by atoms with Gasteiger partial charge in [0.15, 0.2) is 0 Å². The lowest BCUT2D eigenvalue weighted by Gasteiger charge is -2.11. The van der Waals surface area contributed by atoms with Crippen molar-refractivity contribution in [2.75, 3.05) is 0 Å². The lowest BCUT2D eigenvalue weighted by molar-refractivity contribution is 0.393. The van der Waals surface area contributed by atoms with E-state index in [0.717, 1.165) is 28.4 Å². The van der Waals surface area contributed by atoms with E-state index in [0.29, 0.717) is 22.4 Å². The van der Waals surface area contributed by atoms with Gasteiger partial charge in [0.1, 0.15) is 17.4 Å². The Morgan fingerprint density at radius 1 is 1.00 bits per heavy atom. The Morgan fingerprint density at radius 2 is 1.86 bits per heavy atom. The van der Waals surface area contributed by atoms with E-state index >= 15 is 0 Å². The molecule has 0 bridgehead atoms. The van der Waals surface area contributed by atoms with Crippen LogP contribution in [-0.4, -0.2) is 20.1 Å². The second-order valence-electron chi connectivity index (χ2n) is 6.66. The number of aromatic amines is 1. The van der Waals surface area contributed by atoms with Crippen LogP contribution in [0.2, 0.25) is 0 Å². The summed E-state index contributed by atoms with van der Waals surface area (Å²) in [5.74, 6) is -0.635. The van der Waals surface area contributed by atoms with Gasteiger partial charge in [-0.3, -0.25) is 4.98 Å². The molecule has 0 unspecified atom stereocenters. The van der Waals surface area contributed by atoms with Crippen molar-refractivity contribution in [1.29, 1.82) is 0 Å². The molecule has 1 N–H and O–H groups in total. The number of hydrogen-bond donors (Lipinski definition) is 1. The van der Waals surface area contributed by atoms with Crippen molar-refractivity contribution >= 4 is 21.9 Å². The highest BCUT2D eigenvalue weighted by molar-refractivity contribution is 6.04. The molecule has 5 rings (SSSR count). The Labute approximate surface area is 158 Å². The average molecular weight is 376 g/mol. The molecule has 0 fully saturated rings. The minimum atomic E-state index is -0.663. The van der Waals surface area contributed by atoms with Gasteiger partial charge in [0, 0.05) is 34.8 Å². The van der Waals surface area contributed by atoms with Gasteiger partial charge >= 0.3 is 0 Å². The first-order valence-corrected chi connectivity index (χ1v) is 8.67. The lowest BCUT2D eigenvalue weighted by Crippen LogP contribution is -1.92. The van der Waals surface area contributed by atoms with Crippen LogP contribution in [0.3, 0.4) is 0 Å². The van der Waals surface area contributed by atoms with Crippen molar-refractivity contribution in [3.63, 3.8) is 0 Å². The van der Waals surface area contributed by atoms with Crippen molar-refractivity contribution in [3.05, 3.63) is 65.9 Å². The van der Waals surface area contributed by atoms with E-state index in [4.69, 9.17) is 4.52 Å². The zero-order valence-corrected chi connectivity index (χ0v) is 15.0. The number of benzene rings is 2. The van der Waals surface area contributed by atoms with Crippen LogP contribution in [0.4, 0.5) is 8.78 Å². The van der Waals surface area contributed by atoms with Gasteiger partial charge in [-0.25, -0.2) is 13.8 Å². The molecule has 7 heteroatoms. The van der Waals surface area contributed by atoms with Crippen molar-refractivity contribution in [2.45, 2.75) is 13.8 Å². The van der Waals surface area contributed by atoms with Crippen LogP contribution >= 0.6 is 0 Å². The summed E-state index contributed by atoms with van der Waals surface area (Å²) in [6, 6.07) is 7.68. The predicted octanol–water partition coefficient (Wildman–Crippen LogP) is 5.33. The fourth-order valence-corrected chi connectivity index (χ4v) is 3.72. The van der Waals surface area contributed by atoms with Crippen LogP contribution in [0.25, 0.3) is 44.2 Å². The fourth-order valence-electron chi connectivity index (χ4n) is 3.72. The highest BCUT2D eigenvalue weighted by Gasteiger charge is 2.19. The van der Waals surface area contributed by atoms with Gasteiger partial charge in [-0.2, -0.15) is 0 Å². The van der Waals surface area contributed by atoms with Gasteiger partial charge in [-0.15, -0.1) is 0 Å². The Bertz CT molecular complexity index is 1350. The first kappa shape index (κ1) is 16.6. The number of nitrogens with one attached hydrogen (secondary N) is 1. The highest BCUT2D eigenvalue weighted by atomic mass is 19.1. The Kier molecular flexibility index (Phi) is 3.52. The summed E-state index contributed by atoms with van der Waals surface area (Å²) in [6.07, 6.45) is 3.13. The second kappa shape index (κ2) is 5.95. The first-order chi connectivity index (χ1) is 13.5. The average Bonchev–Trinajstić information content (AvgIpc) is 3.26. The number of nitrogens with zero attached hydrogens (tertiary/aromatic N) is 3. The normalized spacial score (nSPS) is 11.6. The fraction of sp³-hybridized carbons (Fsp3) is 0.0952. The van der Waals surface area contributed by atoms with Gasteiger partial charge in [0.05, 0.1) is 28.6 Å². The zero-order valence-electron chi connectivity index (χ0n) is 15.0. The van der Waals surface area contributed by atoms with Crippen LogP contribution < -0.4 is 0 Å². The molecular formula is C21H14F2N4O. The molecular weight excluding hydrogens is 362 g/mol. The third-order valence-corrected chi connectivity index (χ3v) is 4.89. The maximum atomic E-state index is 14.7. The minimum Gasteiger partial charge on any atom is -0.361 e. The standard InChI is InChI=1S/C21H14F2N4O/c1-10-19(11(2)28-27-10)12-5-15(21-18(6-12)25-9-26-21)14-3-4-24-17-8-13(22)7-16(23)20(14)17/h3-9H,1-2H3,(H,25,26). The van der Waals surface area contributed by atoms with Crippen LogP contribution in [0, 0.1) is 25.5 Å². The Balaban J connectivity index is 1.88. The highest BCUT2D eigenvalue weighted by Crippen LogP contribution is 2.38. The van der Waals surface area contributed by atoms with Gasteiger partial charge in [-0.1, -0.05) is 5.16 Å². The molecule has 0 aliphatic carbocycles. The maximum absolute atomic E-state index is 14.7. The molecule has 3 heterocycles. The van der Waals surface area contributed by atoms with Crippen LogP contribution in [-0.2, 0) is 0 Å². The van der Waals surface area contributed by atoms with Crippen molar-refractivity contribution in [2.24, 2.45) is 0 Å². The third kappa shape index (κ3) is 2.40. The number of aromatic nitrogens is 4. The quantitative estimate of drug-likeness (QED) is 0.452. The monoisotopic (exact) mass is 376 g/mol. The van der Waals surface area contributed by atoms with Gasteiger partial charge in [-0.05, 0) is 43.2 Å². The van der Waals surface area contributed by atoms with Gasteiger partial charge in [0.2, 0.25) is 0 Å². The molecule has 5 nitrogen and oxygen atoms in total. The Morgan fingerprint density at radius 3 is 2.64 bits per heavy atom. The summed E-state index contributed by atoms with van der Waals surface area (Å²) >= 11 is 0. The third-order valence-electron chi connectivity index (χ3n) is 4.89. The number of rotatable bonds is 2. The van der Waals surface area contributed by atoms with Crippen molar-refractivity contribution in [3.8, 4) is 22.3 Å². The zero-order chi connectivity index (χ0) is 19.4. The predicted molar refractivity (Wildman–Crippen MR) is 102 cm³/mol. The van der Waals surface area contributed by atoms with Crippen LogP contribution in [0.15, 0.2) is 47.4 Å². The van der Waals surface area contributed by atoms with Gasteiger partial charge in [0.25, 0.3) is 0 Å². The van der Waals surface area contributed by atoms with Crippen LogP contribution in [0.5, 0.6) is 0 Å². The van der Waals surface area contributed by atoms with E-state index < -0.39 is 11.6 Å². The number of H-pyrrole nitrogens is 1. The molecule has 0 aliphatic rings. The molecule has 0 aliphatic heterocycles. The topological polar surface area (TPSA) is 67.6 Å². The van der Waals surface area contributed by atoms with E-state index in [1.807, 2.05) is 26.0 Å². The number of imidazole rings is 1. The first-order valence-electron chi connectivity index (χ1n) is 8.67. The van der Waals surface area contributed by atoms with Crippen molar-refractivity contribution in [1.82, 2.24) is 20.1 Å². The summed E-state index contributed by atoms with van der Waals surface area (Å²) in [7, 11) is 0. The molecule has 0 saturated heterocycles. The molecule has 0 spiro atoms. The molecule has 2 aromatic carbocycles. The molecule has 3 aromatic heterocycles. The molecule has 28 heavy (non-hydrogen) atoms. The largest absolute Gasteiger partial charge is 0.361 e. The maximum Gasteiger partial charge on any atom is 0.141 e. The van der Waals surface area contributed by atoms with E-state index in [-0.39, 0.29) is 10.9 Å². The van der Waals surface area contributed by atoms with E-state index in [1.54, 1.807) is 12.4 Å². The molecule has 0 radical (unpaired) electrons. The van der Waals surface area contributed by atoms with Crippen molar-refractivity contribution < 1.29 is 13.3 Å². The lowest BCUT2D eigenvalue weighted by atomic mass is 9.94. The van der Waals surface area contributed by atoms with Crippen LogP contribution in [0.1, 0.15) is 11.5 Å². The summed E-state index contributed by atoms with van der Waals surface area (Å²) < 4.78 is 33.7. The molecule has 138 valence electrons. The molecule has 0 atom stereocenters. The number of fused-ring (bicyclic) bond motifs is 2. The van der Waals surface area contributed by atoms with Gasteiger partial charge < -0.3 is 9.51 Å². The Hall–Kier alpha value is -3.61. The number of pyridine rings is 1. The summed E-state index contributed by atoms with van der Waals surface area (Å²) in [5.41, 5.74) is 5.54.